The SMILES string of the molecule is c1ccc(CN=C(NCCCN2CCOCC2)NCCc2ccco2)nc1. The fraction of sp³-hybridized carbons (Fsp3) is 0.500. The molecule has 7 heteroatoms. The molecule has 146 valence electrons. The van der Waals surface area contributed by atoms with E-state index in [2.05, 4.69) is 25.5 Å². The van der Waals surface area contributed by atoms with E-state index in [4.69, 9.17) is 9.15 Å². The highest BCUT2D eigenvalue weighted by atomic mass is 16.5. The molecule has 2 aromatic rings. The summed E-state index contributed by atoms with van der Waals surface area (Å²) >= 11 is 0. The molecule has 1 aliphatic rings. The van der Waals surface area contributed by atoms with Gasteiger partial charge in [-0.05, 0) is 37.2 Å². The largest absolute Gasteiger partial charge is 0.469 e. The van der Waals surface area contributed by atoms with Crippen LogP contribution in [0.2, 0.25) is 0 Å². The molecular formula is C20H29N5O2. The van der Waals surface area contributed by atoms with E-state index in [1.807, 2.05) is 30.3 Å². The lowest BCUT2D eigenvalue weighted by molar-refractivity contribution is 0.0376. The average molecular weight is 371 g/mol. The van der Waals surface area contributed by atoms with Crippen molar-refractivity contribution in [1.82, 2.24) is 20.5 Å². The molecule has 2 aromatic heterocycles. The van der Waals surface area contributed by atoms with Gasteiger partial charge in [0, 0.05) is 38.8 Å². The lowest BCUT2D eigenvalue weighted by atomic mass is 10.3. The van der Waals surface area contributed by atoms with Gasteiger partial charge in [0.15, 0.2) is 5.96 Å². The molecule has 7 nitrogen and oxygen atoms in total. The van der Waals surface area contributed by atoms with E-state index in [9.17, 15) is 0 Å². The number of aromatic nitrogens is 1. The predicted octanol–water partition coefficient (Wildman–Crippen LogP) is 1.67. The van der Waals surface area contributed by atoms with Crippen molar-refractivity contribution in [3.63, 3.8) is 0 Å². The van der Waals surface area contributed by atoms with Crippen molar-refractivity contribution in [2.75, 3.05) is 45.9 Å². The zero-order valence-corrected chi connectivity index (χ0v) is 15.8. The molecule has 1 aliphatic heterocycles. The Kier molecular flexibility index (Phi) is 8.15. The third kappa shape index (κ3) is 7.40. The fourth-order valence-corrected chi connectivity index (χ4v) is 2.92. The lowest BCUT2D eigenvalue weighted by Crippen LogP contribution is -2.41. The summed E-state index contributed by atoms with van der Waals surface area (Å²) in [6, 6.07) is 9.79. The van der Waals surface area contributed by atoms with E-state index < -0.39 is 0 Å². The van der Waals surface area contributed by atoms with Crippen LogP contribution in [0, 0.1) is 0 Å². The number of guanidine groups is 1. The van der Waals surface area contributed by atoms with Crippen LogP contribution >= 0.6 is 0 Å². The van der Waals surface area contributed by atoms with Gasteiger partial charge in [0.25, 0.3) is 0 Å². The number of hydrogen-bond acceptors (Lipinski definition) is 5. The first-order chi connectivity index (χ1) is 13.4. The Bertz CT molecular complexity index is 654. The van der Waals surface area contributed by atoms with Gasteiger partial charge in [0.05, 0.1) is 31.7 Å². The summed E-state index contributed by atoms with van der Waals surface area (Å²) in [6.07, 6.45) is 5.40. The van der Waals surface area contributed by atoms with Crippen molar-refractivity contribution in [1.29, 1.82) is 0 Å². The van der Waals surface area contributed by atoms with Crippen LogP contribution in [0.4, 0.5) is 0 Å². The van der Waals surface area contributed by atoms with E-state index in [1.54, 1.807) is 12.5 Å². The summed E-state index contributed by atoms with van der Waals surface area (Å²) in [7, 11) is 0. The first-order valence-corrected chi connectivity index (χ1v) is 9.65. The molecule has 0 aromatic carbocycles. The summed E-state index contributed by atoms with van der Waals surface area (Å²) in [5.74, 6) is 1.79. The molecule has 2 N–H and O–H groups in total. The number of nitrogens with one attached hydrogen (secondary N) is 2. The van der Waals surface area contributed by atoms with Gasteiger partial charge < -0.3 is 19.8 Å². The number of aliphatic imine (C=N–C) groups is 1. The van der Waals surface area contributed by atoms with E-state index in [-0.39, 0.29) is 0 Å². The zero-order valence-electron chi connectivity index (χ0n) is 15.8. The highest BCUT2D eigenvalue weighted by molar-refractivity contribution is 5.79. The first-order valence-electron chi connectivity index (χ1n) is 9.65. The number of ether oxygens (including phenoxy) is 1. The smallest absolute Gasteiger partial charge is 0.191 e. The van der Waals surface area contributed by atoms with Gasteiger partial charge in [0.1, 0.15) is 5.76 Å². The molecule has 0 spiro atoms. The van der Waals surface area contributed by atoms with Gasteiger partial charge in [-0.3, -0.25) is 9.88 Å². The number of morpholine rings is 1. The summed E-state index contributed by atoms with van der Waals surface area (Å²) < 4.78 is 10.8. The van der Waals surface area contributed by atoms with Crippen LogP contribution in [0.15, 0.2) is 52.2 Å². The van der Waals surface area contributed by atoms with Crippen molar-refractivity contribution < 1.29 is 9.15 Å². The minimum Gasteiger partial charge on any atom is -0.469 e. The molecule has 3 rings (SSSR count). The number of pyridine rings is 1. The monoisotopic (exact) mass is 371 g/mol. The Morgan fingerprint density at radius 1 is 1.11 bits per heavy atom. The summed E-state index contributed by atoms with van der Waals surface area (Å²) in [6.45, 7) is 7.04. The zero-order chi connectivity index (χ0) is 18.6. The molecule has 0 atom stereocenters. The quantitative estimate of drug-likeness (QED) is 0.397. The number of hydrogen-bond donors (Lipinski definition) is 2. The Hall–Kier alpha value is -2.38. The predicted molar refractivity (Wildman–Crippen MR) is 106 cm³/mol. The fourth-order valence-electron chi connectivity index (χ4n) is 2.92. The maximum Gasteiger partial charge on any atom is 0.191 e. The molecule has 0 unspecified atom stereocenters. The number of rotatable bonds is 9. The second kappa shape index (κ2) is 11.4. The average Bonchev–Trinajstić information content (AvgIpc) is 3.24. The van der Waals surface area contributed by atoms with Crippen molar-refractivity contribution in [2.24, 2.45) is 4.99 Å². The molecule has 3 heterocycles. The van der Waals surface area contributed by atoms with Gasteiger partial charge in [-0.25, -0.2) is 4.99 Å². The molecule has 1 fully saturated rings. The molecule has 0 radical (unpaired) electrons. The highest BCUT2D eigenvalue weighted by Crippen LogP contribution is 2.00. The second-order valence-electron chi connectivity index (χ2n) is 6.48. The minimum atomic E-state index is 0.556. The van der Waals surface area contributed by atoms with Gasteiger partial charge in [-0.2, -0.15) is 0 Å². The molecule has 0 bridgehead atoms. The third-order valence-corrected chi connectivity index (χ3v) is 4.42. The van der Waals surface area contributed by atoms with E-state index >= 15 is 0 Å². The van der Waals surface area contributed by atoms with E-state index in [1.165, 1.54) is 0 Å². The third-order valence-electron chi connectivity index (χ3n) is 4.42. The second-order valence-corrected chi connectivity index (χ2v) is 6.48. The van der Waals surface area contributed by atoms with Gasteiger partial charge >= 0.3 is 0 Å². The number of nitrogens with zero attached hydrogens (tertiary/aromatic N) is 3. The lowest BCUT2D eigenvalue weighted by Gasteiger charge is -2.26. The van der Waals surface area contributed by atoms with Crippen LogP contribution < -0.4 is 10.6 Å². The van der Waals surface area contributed by atoms with E-state index in [0.717, 1.165) is 76.2 Å². The van der Waals surface area contributed by atoms with Gasteiger partial charge in [-0.15, -0.1) is 0 Å². The Labute approximate surface area is 160 Å². The summed E-state index contributed by atoms with van der Waals surface area (Å²) in [5.41, 5.74) is 0.956. The normalized spacial score (nSPS) is 15.6. The molecule has 0 aliphatic carbocycles. The van der Waals surface area contributed by atoms with E-state index in [0.29, 0.717) is 6.54 Å². The Morgan fingerprint density at radius 3 is 2.78 bits per heavy atom. The van der Waals surface area contributed by atoms with Crippen molar-refractivity contribution in [3.8, 4) is 0 Å². The minimum absolute atomic E-state index is 0.556. The van der Waals surface area contributed by atoms with Crippen molar-refractivity contribution in [2.45, 2.75) is 19.4 Å². The molecule has 27 heavy (non-hydrogen) atoms. The summed E-state index contributed by atoms with van der Waals surface area (Å²) in [5, 5.41) is 6.82. The van der Waals surface area contributed by atoms with Crippen LogP contribution in [-0.2, 0) is 17.7 Å². The van der Waals surface area contributed by atoms with Crippen molar-refractivity contribution in [3.05, 3.63) is 54.2 Å². The maximum atomic E-state index is 5.39. The topological polar surface area (TPSA) is 74.9 Å². The van der Waals surface area contributed by atoms with Crippen LogP contribution in [0.3, 0.4) is 0 Å². The molecular weight excluding hydrogens is 342 g/mol. The summed E-state index contributed by atoms with van der Waals surface area (Å²) in [4.78, 5) is 11.4. The van der Waals surface area contributed by atoms with Crippen molar-refractivity contribution >= 4 is 5.96 Å². The van der Waals surface area contributed by atoms with Crippen LogP contribution in [0.1, 0.15) is 17.9 Å². The number of furan rings is 1. The molecule has 0 saturated carbocycles. The standard InChI is InChI=1S/C20H29N5O2/c1-2-8-21-18(5-1)17-24-20(23-10-7-19-6-3-14-27-19)22-9-4-11-25-12-15-26-16-13-25/h1-3,5-6,8,14H,4,7,9-13,15-17H2,(H2,22,23,24). The molecule has 1 saturated heterocycles. The first kappa shape index (κ1) is 19.4. The van der Waals surface area contributed by atoms with Gasteiger partial charge in [0.2, 0.25) is 0 Å². The highest BCUT2D eigenvalue weighted by Gasteiger charge is 2.09. The van der Waals surface area contributed by atoms with Gasteiger partial charge in [-0.1, -0.05) is 6.07 Å². The van der Waals surface area contributed by atoms with Crippen LogP contribution in [0.25, 0.3) is 0 Å². The molecule has 0 amide bonds. The maximum absolute atomic E-state index is 5.39. The van der Waals surface area contributed by atoms with Crippen LogP contribution in [0.5, 0.6) is 0 Å². The van der Waals surface area contributed by atoms with Crippen LogP contribution in [-0.4, -0.2) is 61.8 Å². The Balaban J connectivity index is 1.43. The Morgan fingerprint density at radius 2 is 2.00 bits per heavy atom.